The maximum Gasteiger partial charge on any atom is 0.237 e. The van der Waals surface area contributed by atoms with Gasteiger partial charge in [0.05, 0.1) is 14.9 Å². The van der Waals surface area contributed by atoms with Gasteiger partial charge in [-0.1, -0.05) is 11.6 Å². The molecule has 3 nitrogen and oxygen atoms in total. The number of hydrogen-bond donors (Lipinski definition) is 0. The molecule has 0 N–H and O–H groups in total. The third-order valence-corrected chi connectivity index (χ3v) is 5.50. The smallest absolute Gasteiger partial charge is 0.237 e. The van der Waals surface area contributed by atoms with Gasteiger partial charge in [0.15, 0.2) is 9.41 Å². The van der Waals surface area contributed by atoms with E-state index in [4.69, 9.17) is 11.6 Å². The lowest BCUT2D eigenvalue weighted by atomic mass is 10.5. The molecule has 0 saturated heterocycles. The fraction of sp³-hybridized carbons (Fsp3) is 0. The van der Waals surface area contributed by atoms with Gasteiger partial charge >= 0.3 is 0 Å². The van der Waals surface area contributed by atoms with E-state index in [1.807, 2.05) is 0 Å². The highest BCUT2D eigenvalue weighted by atomic mass is 79.9. The highest BCUT2D eigenvalue weighted by Gasteiger charge is 2.30. The van der Waals surface area contributed by atoms with Crippen LogP contribution >= 0.6 is 38.9 Å². The molecule has 0 aromatic carbocycles. The maximum absolute atomic E-state index is 11.6. The van der Waals surface area contributed by atoms with Crippen molar-refractivity contribution in [1.29, 1.82) is 0 Å². The maximum atomic E-state index is 11.6. The van der Waals surface area contributed by atoms with Crippen molar-refractivity contribution in [2.45, 2.75) is 0 Å². The summed E-state index contributed by atoms with van der Waals surface area (Å²) < 4.78 is 23.8. The van der Waals surface area contributed by atoms with Crippen molar-refractivity contribution in [2.24, 2.45) is 4.99 Å². The van der Waals surface area contributed by atoms with Gasteiger partial charge in [0, 0.05) is 0 Å². The van der Waals surface area contributed by atoms with Crippen LogP contribution in [-0.4, -0.2) is 13.5 Å². The molecule has 0 unspecified atom stereocenters. The quantitative estimate of drug-likeness (QED) is 0.800. The third kappa shape index (κ3) is 1.56. The number of nitrogens with zero attached hydrogens (tertiary/aromatic N) is 1. The summed E-state index contributed by atoms with van der Waals surface area (Å²) in [6.07, 6.45) is 1.15. The minimum Gasteiger partial charge on any atom is -0.241 e. The van der Waals surface area contributed by atoms with Gasteiger partial charge in [0.25, 0.3) is 0 Å². The number of sulfone groups is 1. The minimum absolute atomic E-state index is 0.0261. The topological polar surface area (TPSA) is 46.5 Å². The summed E-state index contributed by atoms with van der Waals surface area (Å²) in [4.78, 5) is 4.36. The molecular formula is C7H3BrClNO2S2. The Kier molecular flexibility index (Phi) is 2.55. The Morgan fingerprint density at radius 1 is 1.43 bits per heavy atom. The SMILES string of the molecule is O=S1(=O)C(Cl)=CN=C1c1ccc(Br)s1. The van der Waals surface area contributed by atoms with Crippen molar-refractivity contribution in [3.05, 3.63) is 31.4 Å². The Morgan fingerprint density at radius 2 is 2.14 bits per heavy atom. The molecule has 2 rings (SSSR count). The van der Waals surface area contributed by atoms with Crippen molar-refractivity contribution in [3.8, 4) is 0 Å². The van der Waals surface area contributed by atoms with Crippen molar-refractivity contribution < 1.29 is 8.42 Å². The Bertz CT molecular complexity index is 544. The van der Waals surface area contributed by atoms with E-state index in [0.717, 1.165) is 9.99 Å². The molecule has 0 radical (unpaired) electrons. The fourth-order valence-electron chi connectivity index (χ4n) is 0.966. The number of halogens is 2. The van der Waals surface area contributed by atoms with Crippen LogP contribution in [0, 0.1) is 0 Å². The average Bonchev–Trinajstić information content (AvgIpc) is 2.60. The van der Waals surface area contributed by atoms with Crippen LogP contribution in [0.3, 0.4) is 0 Å². The molecule has 0 spiro atoms. The Labute approximate surface area is 98.2 Å². The lowest BCUT2D eigenvalue weighted by Crippen LogP contribution is -2.10. The number of thiophene rings is 1. The summed E-state index contributed by atoms with van der Waals surface area (Å²) in [5.74, 6) is 0. The van der Waals surface area contributed by atoms with Crippen LogP contribution in [0.25, 0.3) is 0 Å². The number of hydrogen-bond acceptors (Lipinski definition) is 4. The summed E-state index contributed by atoms with van der Waals surface area (Å²) in [5, 5.41) is 0.0261. The van der Waals surface area contributed by atoms with Crippen molar-refractivity contribution >= 4 is 53.7 Å². The van der Waals surface area contributed by atoms with Crippen LogP contribution in [0.5, 0.6) is 0 Å². The second kappa shape index (κ2) is 3.44. The Morgan fingerprint density at radius 3 is 2.57 bits per heavy atom. The first-order valence-electron chi connectivity index (χ1n) is 3.46. The first-order chi connectivity index (χ1) is 6.51. The normalized spacial score (nSPS) is 19.3. The van der Waals surface area contributed by atoms with Crippen LogP contribution < -0.4 is 0 Å². The second-order valence-electron chi connectivity index (χ2n) is 2.47. The molecular weight excluding hydrogens is 310 g/mol. The first-order valence-corrected chi connectivity index (χ1v) is 6.93. The molecule has 0 amide bonds. The molecule has 0 atom stereocenters. The average molecular weight is 313 g/mol. The van der Waals surface area contributed by atoms with Crippen LogP contribution in [-0.2, 0) is 9.84 Å². The zero-order valence-electron chi connectivity index (χ0n) is 6.57. The van der Waals surface area contributed by atoms with Gasteiger partial charge in [-0.05, 0) is 28.1 Å². The zero-order valence-corrected chi connectivity index (χ0v) is 10.5. The lowest BCUT2D eigenvalue weighted by Gasteiger charge is -1.96. The minimum atomic E-state index is -3.54. The van der Waals surface area contributed by atoms with E-state index in [1.165, 1.54) is 11.3 Å². The molecule has 2 heterocycles. The molecule has 74 valence electrons. The largest absolute Gasteiger partial charge is 0.241 e. The summed E-state index contributed by atoms with van der Waals surface area (Å²) in [6, 6.07) is 3.46. The van der Waals surface area contributed by atoms with Gasteiger partial charge in [-0.2, -0.15) is 0 Å². The molecule has 0 aliphatic carbocycles. The molecule has 14 heavy (non-hydrogen) atoms. The Balaban J connectivity index is 2.51. The Hall–Kier alpha value is -0.170. The predicted octanol–water partition coefficient (Wildman–Crippen LogP) is 2.72. The monoisotopic (exact) mass is 311 g/mol. The van der Waals surface area contributed by atoms with Crippen molar-refractivity contribution in [1.82, 2.24) is 0 Å². The summed E-state index contributed by atoms with van der Waals surface area (Å²) in [5.41, 5.74) is 0. The van der Waals surface area contributed by atoms with Crippen LogP contribution in [0.4, 0.5) is 0 Å². The highest BCUT2D eigenvalue weighted by Crippen LogP contribution is 2.30. The van der Waals surface area contributed by atoms with Gasteiger partial charge < -0.3 is 0 Å². The summed E-state index contributed by atoms with van der Waals surface area (Å²) in [6.45, 7) is 0. The third-order valence-electron chi connectivity index (χ3n) is 1.58. The lowest BCUT2D eigenvalue weighted by molar-refractivity contribution is 0.615. The van der Waals surface area contributed by atoms with E-state index >= 15 is 0 Å². The van der Waals surface area contributed by atoms with E-state index in [-0.39, 0.29) is 9.41 Å². The summed E-state index contributed by atoms with van der Waals surface area (Å²) >= 11 is 10.1. The fourth-order valence-corrected chi connectivity index (χ4v) is 3.87. The van der Waals surface area contributed by atoms with Crippen molar-refractivity contribution in [3.63, 3.8) is 0 Å². The van der Waals surface area contributed by atoms with Gasteiger partial charge in [0.1, 0.15) is 0 Å². The molecule has 0 fully saturated rings. The molecule has 1 aromatic rings. The molecule has 0 bridgehead atoms. The van der Waals surface area contributed by atoms with Gasteiger partial charge in [0.2, 0.25) is 9.84 Å². The van der Waals surface area contributed by atoms with E-state index < -0.39 is 9.84 Å². The molecule has 1 aliphatic rings. The highest BCUT2D eigenvalue weighted by molar-refractivity contribution is 9.11. The second-order valence-corrected chi connectivity index (χ2v) is 7.40. The molecule has 0 saturated carbocycles. The number of aliphatic imine (C=N–C) groups is 1. The van der Waals surface area contributed by atoms with E-state index in [2.05, 4.69) is 20.9 Å². The molecule has 1 aromatic heterocycles. The number of rotatable bonds is 1. The zero-order chi connectivity index (χ0) is 10.3. The van der Waals surface area contributed by atoms with Gasteiger partial charge in [-0.25, -0.2) is 13.4 Å². The van der Waals surface area contributed by atoms with E-state index in [0.29, 0.717) is 4.88 Å². The van der Waals surface area contributed by atoms with Crippen LogP contribution in [0.15, 0.2) is 31.5 Å². The van der Waals surface area contributed by atoms with Gasteiger partial charge in [-0.15, -0.1) is 11.3 Å². The van der Waals surface area contributed by atoms with Gasteiger partial charge in [-0.3, -0.25) is 0 Å². The van der Waals surface area contributed by atoms with Crippen LogP contribution in [0.2, 0.25) is 0 Å². The first kappa shape index (κ1) is 10.4. The van der Waals surface area contributed by atoms with Crippen LogP contribution in [0.1, 0.15) is 4.88 Å². The predicted molar refractivity (Wildman–Crippen MR) is 61.4 cm³/mol. The van der Waals surface area contributed by atoms with E-state index in [1.54, 1.807) is 12.1 Å². The standard InChI is InChI=1S/C7H3BrClNO2S2/c8-5-2-1-4(13-5)7-10-3-6(9)14(7,11)12/h1-3H. The molecule has 7 heteroatoms. The van der Waals surface area contributed by atoms with E-state index in [9.17, 15) is 8.42 Å². The van der Waals surface area contributed by atoms with Crippen molar-refractivity contribution in [2.75, 3.05) is 0 Å². The summed E-state index contributed by atoms with van der Waals surface area (Å²) in [7, 11) is -3.54. The molecule has 1 aliphatic heterocycles.